The number of hydrogen-bond donors (Lipinski definition) is 1. The van der Waals surface area contributed by atoms with Crippen molar-refractivity contribution in [3.05, 3.63) is 35.9 Å². The largest absolute Gasteiger partial charge is 0.444 e. The number of sulfonamides is 1. The van der Waals surface area contributed by atoms with Crippen LogP contribution in [0, 0.1) is 0 Å². The molecule has 0 aromatic heterocycles. The zero-order valence-corrected chi connectivity index (χ0v) is 12.3. The predicted molar refractivity (Wildman–Crippen MR) is 74.7 cm³/mol. The number of imide groups is 1. The topological polar surface area (TPSA) is 92.8 Å². The number of likely N-dealkylation sites (tertiary alicyclic amines) is 1. The first-order valence-corrected chi connectivity index (χ1v) is 8.25. The summed E-state index contributed by atoms with van der Waals surface area (Å²) in [6, 6.07) is 8.17. The molecule has 1 fully saturated rings. The van der Waals surface area contributed by atoms with Crippen LogP contribution in [0.15, 0.2) is 30.3 Å². The Kier molecular flexibility index (Phi) is 4.59. The second kappa shape index (κ2) is 6.23. The molecule has 114 valence electrons. The lowest BCUT2D eigenvalue weighted by Crippen LogP contribution is -2.42. The lowest BCUT2D eigenvalue weighted by molar-refractivity contribution is -0.127. The summed E-state index contributed by atoms with van der Waals surface area (Å²) in [5, 5.41) is 0. The smallest absolute Gasteiger partial charge is 0.416 e. The van der Waals surface area contributed by atoms with E-state index in [1.54, 1.807) is 12.1 Å². The average molecular weight is 312 g/mol. The molecule has 1 N–H and O–H groups in total. The van der Waals surface area contributed by atoms with Gasteiger partial charge in [-0.3, -0.25) is 4.79 Å². The van der Waals surface area contributed by atoms with Gasteiger partial charge >= 0.3 is 6.09 Å². The molecular weight excluding hydrogens is 296 g/mol. The highest BCUT2D eigenvalue weighted by Crippen LogP contribution is 2.14. The Balaban J connectivity index is 1.90. The van der Waals surface area contributed by atoms with Gasteiger partial charge in [0.15, 0.2) is 0 Å². The van der Waals surface area contributed by atoms with Gasteiger partial charge in [0.05, 0.1) is 6.26 Å². The molecule has 0 saturated carbocycles. The molecular formula is C13H16N2O5S. The summed E-state index contributed by atoms with van der Waals surface area (Å²) in [5.74, 6) is -0.585. The van der Waals surface area contributed by atoms with Crippen LogP contribution in [0.1, 0.15) is 12.0 Å². The summed E-state index contributed by atoms with van der Waals surface area (Å²) in [4.78, 5) is 24.7. The van der Waals surface area contributed by atoms with Crippen LogP contribution in [0.3, 0.4) is 0 Å². The molecule has 1 heterocycles. The van der Waals surface area contributed by atoms with E-state index in [2.05, 4.69) is 4.72 Å². The molecule has 0 spiro atoms. The van der Waals surface area contributed by atoms with Gasteiger partial charge in [-0.2, -0.15) is 0 Å². The van der Waals surface area contributed by atoms with E-state index in [1.165, 1.54) is 0 Å². The Bertz CT molecular complexity index is 629. The van der Waals surface area contributed by atoms with Gasteiger partial charge in [-0.05, 0) is 12.0 Å². The fourth-order valence-electron chi connectivity index (χ4n) is 2.03. The number of nitrogens with one attached hydrogen (secondary N) is 1. The number of carbonyl (C=O) groups is 2. The summed E-state index contributed by atoms with van der Waals surface area (Å²) < 4.78 is 29.5. The third kappa shape index (κ3) is 4.27. The lowest BCUT2D eigenvalue weighted by Gasteiger charge is -2.15. The molecule has 7 nitrogen and oxygen atoms in total. The molecule has 1 aliphatic heterocycles. The summed E-state index contributed by atoms with van der Waals surface area (Å²) in [6.45, 7) is 0.202. The van der Waals surface area contributed by atoms with Crippen LogP contribution in [0.2, 0.25) is 0 Å². The number of carbonyl (C=O) groups excluding carboxylic acids is 2. The maximum atomic E-state index is 11.9. The Morgan fingerprint density at radius 3 is 2.67 bits per heavy atom. The van der Waals surface area contributed by atoms with E-state index >= 15 is 0 Å². The summed E-state index contributed by atoms with van der Waals surface area (Å²) >= 11 is 0. The predicted octanol–water partition coefficient (Wildman–Crippen LogP) is 0.473. The van der Waals surface area contributed by atoms with Crippen LogP contribution in [-0.4, -0.2) is 44.2 Å². The molecule has 8 heteroatoms. The van der Waals surface area contributed by atoms with Gasteiger partial charge in [-0.15, -0.1) is 0 Å². The van der Waals surface area contributed by atoms with Gasteiger partial charge in [0.2, 0.25) is 15.9 Å². The fourth-order valence-corrected chi connectivity index (χ4v) is 2.76. The third-order valence-corrected chi connectivity index (χ3v) is 3.70. The zero-order chi connectivity index (χ0) is 15.5. The molecule has 21 heavy (non-hydrogen) atoms. The molecule has 0 unspecified atom stereocenters. The van der Waals surface area contributed by atoms with Gasteiger partial charge in [-0.1, -0.05) is 30.3 Å². The van der Waals surface area contributed by atoms with Gasteiger partial charge in [0, 0.05) is 6.54 Å². The first-order valence-electron chi connectivity index (χ1n) is 6.36. The molecule has 0 radical (unpaired) electrons. The first-order chi connectivity index (χ1) is 9.87. The second-order valence-electron chi connectivity index (χ2n) is 4.76. The Morgan fingerprint density at radius 2 is 2.05 bits per heavy atom. The van der Waals surface area contributed by atoms with Gasteiger partial charge in [-0.25, -0.2) is 22.8 Å². The minimum absolute atomic E-state index is 0.0631. The molecule has 0 bridgehead atoms. The number of rotatable bonds is 4. The van der Waals surface area contributed by atoms with Crippen LogP contribution in [0.25, 0.3) is 0 Å². The van der Waals surface area contributed by atoms with Crippen molar-refractivity contribution >= 4 is 22.0 Å². The van der Waals surface area contributed by atoms with E-state index in [0.717, 1.165) is 16.7 Å². The van der Waals surface area contributed by atoms with E-state index in [4.69, 9.17) is 4.74 Å². The Labute approximate surface area is 122 Å². The molecule has 2 amide bonds. The molecule has 1 saturated heterocycles. The fraction of sp³-hybridized carbons (Fsp3) is 0.385. The Hall–Kier alpha value is -1.93. The minimum Gasteiger partial charge on any atom is -0.444 e. The summed E-state index contributed by atoms with van der Waals surface area (Å²) in [6.07, 6.45) is 0.449. The van der Waals surface area contributed by atoms with Crippen LogP contribution in [0.4, 0.5) is 4.79 Å². The normalized spacial score (nSPS) is 18.8. The van der Waals surface area contributed by atoms with Crippen molar-refractivity contribution in [2.24, 2.45) is 0 Å². The molecule has 1 aromatic rings. The van der Waals surface area contributed by atoms with Gasteiger partial charge in [0.25, 0.3) is 0 Å². The molecule has 1 atom stereocenters. The number of ether oxygens (including phenoxy) is 1. The standard InChI is InChI=1S/C13H16N2O5S/c1-21(18,19)14-11-7-8-15(12(11)16)13(17)20-9-10-5-3-2-4-6-10/h2-6,11,14H,7-9H2,1H3/t11-/m1/s1. The summed E-state index contributed by atoms with van der Waals surface area (Å²) in [7, 11) is -3.49. The first kappa shape index (κ1) is 15.5. The highest BCUT2D eigenvalue weighted by atomic mass is 32.2. The van der Waals surface area contributed by atoms with Crippen molar-refractivity contribution in [1.82, 2.24) is 9.62 Å². The molecule has 1 aromatic carbocycles. The maximum Gasteiger partial charge on any atom is 0.416 e. The number of amides is 2. The van der Waals surface area contributed by atoms with Gasteiger partial charge < -0.3 is 4.74 Å². The monoisotopic (exact) mass is 312 g/mol. The molecule has 0 aliphatic carbocycles. The van der Waals surface area contributed by atoms with Crippen molar-refractivity contribution in [3.63, 3.8) is 0 Å². The Morgan fingerprint density at radius 1 is 1.38 bits per heavy atom. The van der Waals surface area contributed by atoms with E-state index in [1.807, 2.05) is 18.2 Å². The number of hydrogen-bond acceptors (Lipinski definition) is 5. The molecule has 2 rings (SSSR count). The van der Waals surface area contributed by atoms with Crippen molar-refractivity contribution < 1.29 is 22.7 Å². The van der Waals surface area contributed by atoms with E-state index in [-0.39, 0.29) is 19.6 Å². The van der Waals surface area contributed by atoms with E-state index in [9.17, 15) is 18.0 Å². The van der Waals surface area contributed by atoms with E-state index in [0.29, 0.717) is 0 Å². The maximum absolute atomic E-state index is 11.9. The van der Waals surface area contributed by atoms with Crippen LogP contribution in [-0.2, 0) is 26.2 Å². The highest BCUT2D eigenvalue weighted by Gasteiger charge is 2.37. The minimum atomic E-state index is -3.49. The van der Waals surface area contributed by atoms with Crippen molar-refractivity contribution in [2.45, 2.75) is 19.1 Å². The second-order valence-corrected chi connectivity index (χ2v) is 6.54. The highest BCUT2D eigenvalue weighted by molar-refractivity contribution is 7.88. The average Bonchev–Trinajstić information content (AvgIpc) is 2.77. The van der Waals surface area contributed by atoms with Crippen molar-refractivity contribution in [2.75, 3.05) is 12.8 Å². The van der Waals surface area contributed by atoms with Crippen molar-refractivity contribution in [3.8, 4) is 0 Å². The van der Waals surface area contributed by atoms with Crippen LogP contribution < -0.4 is 4.72 Å². The summed E-state index contributed by atoms with van der Waals surface area (Å²) in [5.41, 5.74) is 0.809. The third-order valence-electron chi connectivity index (χ3n) is 2.99. The van der Waals surface area contributed by atoms with Crippen LogP contribution >= 0.6 is 0 Å². The number of nitrogens with zero attached hydrogens (tertiary/aromatic N) is 1. The van der Waals surface area contributed by atoms with Crippen molar-refractivity contribution in [1.29, 1.82) is 0 Å². The SMILES string of the molecule is CS(=O)(=O)N[C@@H]1CCN(C(=O)OCc2ccccc2)C1=O. The zero-order valence-electron chi connectivity index (χ0n) is 11.5. The van der Waals surface area contributed by atoms with E-state index < -0.39 is 28.1 Å². The quantitative estimate of drug-likeness (QED) is 0.872. The number of benzene rings is 1. The molecule has 1 aliphatic rings. The van der Waals surface area contributed by atoms with Crippen LogP contribution in [0.5, 0.6) is 0 Å². The van der Waals surface area contributed by atoms with Gasteiger partial charge in [0.1, 0.15) is 12.6 Å². The lowest BCUT2D eigenvalue weighted by atomic mass is 10.2.